The van der Waals surface area contributed by atoms with Gasteiger partial charge in [0.2, 0.25) is 0 Å². The maximum atomic E-state index is 12.3. The number of nitrogens with zero attached hydrogens (tertiary/aromatic N) is 1. The highest BCUT2D eigenvalue weighted by Gasteiger charge is 2.34. The highest BCUT2D eigenvalue weighted by Crippen LogP contribution is 2.37. The molecule has 1 heterocycles. The highest BCUT2D eigenvalue weighted by atomic mass is 127. The number of thioether (sulfide) groups is 1. The van der Waals surface area contributed by atoms with Crippen molar-refractivity contribution < 1.29 is 19.1 Å². The number of hydrogen-bond donors (Lipinski definition) is 0. The molecule has 126 valence electrons. The Balaban J connectivity index is 2.34. The summed E-state index contributed by atoms with van der Waals surface area (Å²) in [5, 5.41) is -0.293. The lowest BCUT2D eigenvalue weighted by molar-refractivity contribution is -0.122. The number of carbonyl (C=O) groups is 2. The Hall–Kier alpha value is -1.74. The minimum atomic E-state index is -0.314. The number of ether oxygens (including phenoxy) is 2. The van der Waals surface area contributed by atoms with Crippen LogP contribution < -0.4 is 9.47 Å². The van der Waals surface area contributed by atoms with E-state index < -0.39 is 0 Å². The fraction of sp³-hybridized carbons (Fsp3) is 0.176. The molecule has 0 N–H and O–H groups in total. The van der Waals surface area contributed by atoms with E-state index in [4.69, 9.17) is 9.47 Å². The van der Waals surface area contributed by atoms with E-state index in [9.17, 15) is 9.59 Å². The minimum Gasteiger partial charge on any atom is -0.493 e. The number of methoxy groups -OCH3 is 1. The molecule has 1 aromatic rings. The summed E-state index contributed by atoms with van der Waals surface area (Å²) in [5.41, 5.74) is 0.756. The maximum absolute atomic E-state index is 12.3. The van der Waals surface area contributed by atoms with E-state index in [2.05, 4.69) is 35.7 Å². The van der Waals surface area contributed by atoms with Crippen LogP contribution in [0.15, 0.2) is 42.3 Å². The van der Waals surface area contributed by atoms with Crippen molar-refractivity contribution in [1.82, 2.24) is 4.90 Å². The number of amides is 2. The van der Waals surface area contributed by atoms with Gasteiger partial charge in [0.05, 0.1) is 15.6 Å². The molecular weight excluding hydrogens is 441 g/mol. The number of benzene rings is 1. The van der Waals surface area contributed by atoms with Gasteiger partial charge in [-0.25, -0.2) is 0 Å². The van der Waals surface area contributed by atoms with Crippen molar-refractivity contribution in [3.63, 3.8) is 0 Å². The molecule has 1 aliphatic rings. The average molecular weight is 457 g/mol. The van der Waals surface area contributed by atoms with Gasteiger partial charge in [0.1, 0.15) is 6.61 Å². The van der Waals surface area contributed by atoms with Crippen LogP contribution in [-0.4, -0.2) is 36.3 Å². The van der Waals surface area contributed by atoms with Gasteiger partial charge in [-0.1, -0.05) is 18.7 Å². The fourth-order valence-corrected chi connectivity index (χ4v) is 3.67. The third-order valence-electron chi connectivity index (χ3n) is 3.08. The van der Waals surface area contributed by atoms with Gasteiger partial charge in [0, 0.05) is 6.54 Å². The summed E-state index contributed by atoms with van der Waals surface area (Å²) >= 11 is 3.05. The molecule has 0 radical (unpaired) electrons. The smallest absolute Gasteiger partial charge is 0.293 e. The number of carbonyl (C=O) groups excluding carboxylic acids is 2. The molecule has 2 amide bonds. The van der Waals surface area contributed by atoms with Gasteiger partial charge >= 0.3 is 0 Å². The van der Waals surface area contributed by atoms with E-state index in [0.29, 0.717) is 23.0 Å². The van der Waals surface area contributed by atoms with Gasteiger partial charge in [-0.15, -0.1) is 6.58 Å². The first-order valence-electron chi connectivity index (χ1n) is 6.99. The van der Waals surface area contributed by atoms with Crippen LogP contribution in [0.3, 0.4) is 0 Å². The molecule has 5 nitrogen and oxygen atoms in total. The fourth-order valence-electron chi connectivity index (χ4n) is 2.04. The summed E-state index contributed by atoms with van der Waals surface area (Å²) in [5.74, 6) is 0.862. The Morgan fingerprint density at radius 3 is 2.67 bits per heavy atom. The molecule has 0 unspecified atom stereocenters. The second-order valence-electron chi connectivity index (χ2n) is 4.71. The molecule has 0 spiro atoms. The minimum absolute atomic E-state index is 0.206. The predicted octanol–water partition coefficient (Wildman–Crippen LogP) is 4.09. The first-order valence-corrected chi connectivity index (χ1v) is 8.88. The zero-order valence-corrected chi connectivity index (χ0v) is 16.1. The van der Waals surface area contributed by atoms with Gasteiger partial charge in [-0.2, -0.15) is 0 Å². The summed E-state index contributed by atoms with van der Waals surface area (Å²) in [6.45, 7) is 7.75. The van der Waals surface area contributed by atoms with Gasteiger partial charge in [-0.05, 0) is 58.1 Å². The normalized spacial score (nSPS) is 15.8. The third-order valence-corrected chi connectivity index (χ3v) is 4.79. The molecule has 24 heavy (non-hydrogen) atoms. The van der Waals surface area contributed by atoms with Crippen molar-refractivity contribution in [2.24, 2.45) is 0 Å². The standard InChI is InChI=1S/C17H16INO4S/c1-4-6-19-16(20)14(24-17(19)21)10-11-8-12(18)15(23-7-5-2)13(9-11)22-3/h4-5,8-10H,1-2,6-7H2,3H3/b14-10-. The van der Waals surface area contributed by atoms with E-state index in [1.807, 2.05) is 6.07 Å². The SMILES string of the molecule is C=CCOc1c(I)cc(/C=C2\SC(=O)N(CC=C)C2=O)cc1OC. The quantitative estimate of drug-likeness (QED) is 0.351. The zero-order chi connectivity index (χ0) is 17.7. The monoisotopic (exact) mass is 457 g/mol. The van der Waals surface area contributed by atoms with E-state index in [-0.39, 0.29) is 17.7 Å². The maximum Gasteiger partial charge on any atom is 0.293 e. The molecule has 0 aromatic heterocycles. The molecule has 0 saturated carbocycles. The molecule has 0 bridgehead atoms. The van der Waals surface area contributed by atoms with E-state index >= 15 is 0 Å². The molecule has 0 atom stereocenters. The topological polar surface area (TPSA) is 55.8 Å². The molecular formula is C17H16INO4S. The molecule has 1 aromatic carbocycles. The van der Waals surface area contributed by atoms with Gasteiger partial charge < -0.3 is 9.47 Å². The van der Waals surface area contributed by atoms with Crippen molar-refractivity contribution >= 4 is 51.6 Å². The lowest BCUT2D eigenvalue weighted by Gasteiger charge is -2.12. The van der Waals surface area contributed by atoms with Crippen LogP contribution in [0.2, 0.25) is 0 Å². The Morgan fingerprint density at radius 2 is 2.04 bits per heavy atom. The molecule has 1 saturated heterocycles. The predicted molar refractivity (Wildman–Crippen MR) is 104 cm³/mol. The Kier molecular flexibility index (Phi) is 6.50. The molecule has 7 heteroatoms. The molecule has 1 aliphatic heterocycles. The molecule has 0 aliphatic carbocycles. The lowest BCUT2D eigenvalue weighted by atomic mass is 10.2. The highest BCUT2D eigenvalue weighted by molar-refractivity contribution is 14.1. The largest absolute Gasteiger partial charge is 0.493 e. The van der Waals surface area contributed by atoms with Crippen LogP contribution in [0.4, 0.5) is 4.79 Å². The van der Waals surface area contributed by atoms with Crippen molar-refractivity contribution in [3.8, 4) is 11.5 Å². The van der Waals surface area contributed by atoms with Crippen LogP contribution in [0.1, 0.15) is 5.56 Å². The van der Waals surface area contributed by atoms with E-state index in [0.717, 1.165) is 25.8 Å². The average Bonchev–Trinajstić information content (AvgIpc) is 2.81. The number of halogens is 1. The number of imide groups is 1. The first-order chi connectivity index (χ1) is 11.5. The molecule has 2 rings (SSSR count). The Morgan fingerprint density at radius 1 is 1.29 bits per heavy atom. The number of rotatable bonds is 7. The summed E-state index contributed by atoms with van der Waals surface area (Å²) < 4.78 is 11.8. The van der Waals surface area contributed by atoms with Crippen LogP contribution in [0.25, 0.3) is 6.08 Å². The summed E-state index contributed by atoms with van der Waals surface area (Å²) in [4.78, 5) is 25.7. The Labute approximate surface area is 158 Å². The third kappa shape index (κ3) is 4.02. The second-order valence-corrected chi connectivity index (χ2v) is 6.87. The zero-order valence-electron chi connectivity index (χ0n) is 13.1. The van der Waals surface area contributed by atoms with Gasteiger partial charge in [-0.3, -0.25) is 14.5 Å². The van der Waals surface area contributed by atoms with E-state index in [1.165, 1.54) is 6.08 Å². The van der Waals surface area contributed by atoms with Crippen LogP contribution >= 0.6 is 34.4 Å². The summed E-state index contributed by atoms with van der Waals surface area (Å²) in [6.07, 6.45) is 4.85. The second kappa shape index (κ2) is 8.39. The van der Waals surface area contributed by atoms with Gasteiger partial charge in [0.25, 0.3) is 11.1 Å². The summed E-state index contributed by atoms with van der Waals surface area (Å²) in [7, 11) is 1.55. The number of hydrogen-bond acceptors (Lipinski definition) is 5. The van der Waals surface area contributed by atoms with Crippen molar-refractivity contribution in [2.45, 2.75) is 0 Å². The van der Waals surface area contributed by atoms with Crippen LogP contribution in [0, 0.1) is 3.57 Å². The van der Waals surface area contributed by atoms with Crippen LogP contribution in [0.5, 0.6) is 11.5 Å². The van der Waals surface area contributed by atoms with Crippen molar-refractivity contribution in [2.75, 3.05) is 20.3 Å². The van der Waals surface area contributed by atoms with Crippen LogP contribution in [-0.2, 0) is 4.79 Å². The van der Waals surface area contributed by atoms with Crippen molar-refractivity contribution in [1.29, 1.82) is 0 Å². The van der Waals surface area contributed by atoms with Crippen molar-refractivity contribution in [3.05, 3.63) is 51.5 Å². The molecule has 1 fully saturated rings. The Bertz CT molecular complexity index is 730. The summed E-state index contributed by atoms with van der Waals surface area (Å²) in [6, 6.07) is 3.63. The lowest BCUT2D eigenvalue weighted by Crippen LogP contribution is -2.27. The van der Waals surface area contributed by atoms with E-state index in [1.54, 1.807) is 25.3 Å². The van der Waals surface area contributed by atoms with Gasteiger partial charge in [0.15, 0.2) is 11.5 Å². The first kappa shape index (κ1) is 18.6.